The molecule has 1 aromatic carbocycles. The highest BCUT2D eigenvalue weighted by atomic mass is 17.0. The van der Waals surface area contributed by atoms with E-state index in [1.807, 2.05) is 32.0 Å². The second kappa shape index (κ2) is 18.4. The molecule has 13 heteroatoms. The van der Waals surface area contributed by atoms with Gasteiger partial charge in [-0.25, -0.2) is 4.79 Å². The Morgan fingerprint density at radius 3 is 2.23 bits per heavy atom. The summed E-state index contributed by atoms with van der Waals surface area (Å²) in [6.45, 7) is 14.1. The predicted octanol–water partition coefficient (Wildman–Crippen LogP) is 5.73. The van der Waals surface area contributed by atoms with Gasteiger partial charge in [-0.2, -0.15) is 0 Å². The fourth-order valence-electron chi connectivity index (χ4n) is 6.67. The summed E-state index contributed by atoms with van der Waals surface area (Å²) >= 11 is 0. The Morgan fingerprint density at radius 1 is 1.06 bits per heavy atom. The van der Waals surface area contributed by atoms with Gasteiger partial charge in [0.2, 0.25) is 5.91 Å². The Balaban J connectivity index is 2.25. The second-order valence-electron chi connectivity index (χ2n) is 14.8. The van der Waals surface area contributed by atoms with Crippen LogP contribution in [0.1, 0.15) is 92.6 Å². The maximum atomic E-state index is 13.5. The number of ether oxygens (including phenoxy) is 3. The molecule has 274 valence electrons. The monoisotopic (exact) mass is 681 g/mol. The zero-order valence-corrected chi connectivity index (χ0v) is 30.3. The van der Waals surface area contributed by atoms with E-state index in [4.69, 9.17) is 19.0 Å². The molecule has 2 rings (SSSR count). The number of nitrogens with zero attached hydrogens (tertiary/aromatic N) is 2. The van der Waals surface area contributed by atoms with Gasteiger partial charge in [0.15, 0.2) is 11.5 Å². The summed E-state index contributed by atoms with van der Waals surface area (Å²) in [6, 6.07) is 4.98. The highest BCUT2D eigenvalue weighted by Crippen LogP contribution is 2.39. The molecule has 1 fully saturated rings. The van der Waals surface area contributed by atoms with Crippen LogP contribution in [0.25, 0.3) is 0 Å². The standard InChI is InChI=1S/C35H59N3O10/c1-23(2)25(19-24-11-16-30(46-9)31(20-24)47-18-10-17-45-8)21-28(37(33(41)42)34(3,4)5)29(39)22-36-32(40)35(6,7)26-12-14-27(15-13-26)48-38(43)44/h11,16,20,23,25-29,39H,10,12-15,17-19,21-22H2,1-9H3,(H,36,40)(H,41,42)/t25-,26?,27?,28-,29-/m0/s1. The summed E-state index contributed by atoms with van der Waals surface area (Å²) < 4.78 is 16.6. The van der Waals surface area contributed by atoms with E-state index in [1.54, 1.807) is 35.0 Å². The molecular formula is C35H59N3O10. The lowest BCUT2D eigenvalue weighted by Crippen LogP contribution is -2.58. The van der Waals surface area contributed by atoms with Crippen LogP contribution >= 0.6 is 0 Å². The van der Waals surface area contributed by atoms with Crippen molar-refractivity contribution in [3.63, 3.8) is 0 Å². The minimum Gasteiger partial charge on any atom is -0.493 e. The first-order valence-corrected chi connectivity index (χ1v) is 17.0. The van der Waals surface area contributed by atoms with Crippen molar-refractivity contribution in [3.8, 4) is 11.5 Å². The topological polar surface area (TPSA) is 170 Å². The van der Waals surface area contributed by atoms with E-state index in [1.165, 1.54) is 4.90 Å². The lowest BCUT2D eigenvalue weighted by atomic mass is 9.70. The molecule has 48 heavy (non-hydrogen) atoms. The molecule has 3 N–H and O–H groups in total. The Morgan fingerprint density at radius 2 is 1.71 bits per heavy atom. The number of aliphatic hydroxyl groups excluding tert-OH is 1. The van der Waals surface area contributed by atoms with Gasteiger partial charge in [0.05, 0.1) is 25.9 Å². The van der Waals surface area contributed by atoms with Crippen molar-refractivity contribution in [2.45, 2.75) is 117 Å². The quantitative estimate of drug-likeness (QED) is 0.0931. The molecule has 0 heterocycles. The summed E-state index contributed by atoms with van der Waals surface area (Å²) in [4.78, 5) is 43.0. The van der Waals surface area contributed by atoms with Crippen LogP contribution < -0.4 is 14.8 Å². The molecule has 0 radical (unpaired) electrons. The van der Waals surface area contributed by atoms with Crippen molar-refractivity contribution in [2.24, 2.45) is 23.2 Å². The number of amides is 2. The zero-order valence-electron chi connectivity index (χ0n) is 30.3. The number of benzene rings is 1. The summed E-state index contributed by atoms with van der Waals surface area (Å²) in [5.74, 6) is 1.08. The minimum atomic E-state index is -1.18. The summed E-state index contributed by atoms with van der Waals surface area (Å²) in [5.41, 5.74) is -0.630. The summed E-state index contributed by atoms with van der Waals surface area (Å²) in [5, 5.41) is 34.9. The number of carboxylic acid groups (broad SMARTS) is 1. The van der Waals surface area contributed by atoms with Crippen LogP contribution in [0.3, 0.4) is 0 Å². The van der Waals surface area contributed by atoms with Crippen LogP contribution in [-0.4, -0.2) is 90.0 Å². The molecule has 0 aliphatic heterocycles. The highest BCUT2D eigenvalue weighted by Gasteiger charge is 2.42. The fraction of sp³-hybridized carbons (Fsp3) is 0.771. The first kappa shape index (κ1) is 40.9. The van der Waals surface area contributed by atoms with Crippen LogP contribution in [0.2, 0.25) is 0 Å². The van der Waals surface area contributed by atoms with E-state index in [9.17, 15) is 29.9 Å². The van der Waals surface area contributed by atoms with Crippen molar-refractivity contribution >= 4 is 12.0 Å². The minimum absolute atomic E-state index is 0.0210. The molecule has 1 aliphatic carbocycles. The van der Waals surface area contributed by atoms with Gasteiger partial charge >= 0.3 is 6.09 Å². The molecule has 0 bridgehead atoms. The van der Waals surface area contributed by atoms with E-state index in [2.05, 4.69) is 19.2 Å². The number of methoxy groups -OCH3 is 2. The van der Waals surface area contributed by atoms with Crippen LogP contribution in [0, 0.1) is 33.3 Å². The second-order valence-corrected chi connectivity index (χ2v) is 14.8. The Hall–Kier alpha value is -3.32. The van der Waals surface area contributed by atoms with Crippen LogP contribution in [0.5, 0.6) is 11.5 Å². The van der Waals surface area contributed by atoms with Gasteiger partial charge in [0.25, 0.3) is 5.09 Å². The largest absolute Gasteiger partial charge is 0.493 e. The fourth-order valence-corrected chi connectivity index (χ4v) is 6.67. The molecule has 1 aliphatic rings. The van der Waals surface area contributed by atoms with E-state index < -0.39 is 40.4 Å². The number of rotatable bonds is 19. The maximum Gasteiger partial charge on any atom is 0.408 e. The van der Waals surface area contributed by atoms with Crippen molar-refractivity contribution in [1.29, 1.82) is 0 Å². The summed E-state index contributed by atoms with van der Waals surface area (Å²) in [7, 11) is 3.23. The number of carbonyl (C=O) groups excluding carboxylic acids is 1. The van der Waals surface area contributed by atoms with Crippen molar-refractivity contribution in [3.05, 3.63) is 33.9 Å². The highest BCUT2D eigenvalue weighted by molar-refractivity contribution is 5.82. The van der Waals surface area contributed by atoms with Gasteiger partial charge in [-0.15, -0.1) is 10.1 Å². The van der Waals surface area contributed by atoms with Crippen molar-refractivity contribution in [2.75, 3.05) is 34.0 Å². The molecule has 13 nitrogen and oxygen atoms in total. The van der Waals surface area contributed by atoms with E-state index in [0.29, 0.717) is 63.2 Å². The van der Waals surface area contributed by atoms with Gasteiger partial charge in [-0.3, -0.25) is 9.69 Å². The third-order valence-electron chi connectivity index (χ3n) is 9.65. The molecule has 2 amide bonds. The molecule has 0 aromatic heterocycles. The number of aliphatic hydroxyl groups is 1. The average molecular weight is 682 g/mol. The Labute approximate surface area is 285 Å². The average Bonchev–Trinajstić information content (AvgIpc) is 3.00. The van der Waals surface area contributed by atoms with Crippen LogP contribution in [0.4, 0.5) is 4.79 Å². The number of carbonyl (C=O) groups is 2. The van der Waals surface area contributed by atoms with E-state index >= 15 is 0 Å². The van der Waals surface area contributed by atoms with Gasteiger partial charge in [0.1, 0.15) is 6.10 Å². The molecular weight excluding hydrogens is 622 g/mol. The number of nitrogens with one attached hydrogen (secondary N) is 1. The van der Waals surface area contributed by atoms with Gasteiger partial charge in [0, 0.05) is 37.6 Å². The third kappa shape index (κ3) is 12.0. The summed E-state index contributed by atoms with van der Waals surface area (Å²) in [6.07, 6.45) is 1.07. The van der Waals surface area contributed by atoms with Gasteiger partial charge < -0.3 is 34.6 Å². The van der Waals surface area contributed by atoms with Crippen molar-refractivity contribution in [1.82, 2.24) is 10.2 Å². The normalized spacial score (nSPS) is 18.8. The number of hydrogen-bond donors (Lipinski definition) is 3. The lowest BCUT2D eigenvalue weighted by Gasteiger charge is -2.44. The molecule has 0 unspecified atom stereocenters. The molecule has 0 saturated heterocycles. The van der Waals surface area contributed by atoms with Crippen molar-refractivity contribution < 1.29 is 43.9 Å². The third-order valence-corrected chi connectivity index (χ3v) is 9.65. The van der Waals surface area contributed by atoms with Gasteiger partial charge in [-0.1, -0.05) is 33.8 Å². The maximum absolute atomic E-state index is 13.5. The number of hydrogen-bond acceptors (Lipinski definition) is 9. The first-order valence-electron chi connectivity index (χ1n) is 17.0. The smallest absolute Gasteiger partial charge is 0.408 e. The van der Waals surface area contributed by atoms with E-state index in [0.717, 1.165) is 12.0 Å². The zero-order chi connectivity index (χ0) is 36.2. The molecule has 3 atom stereocenters. The van der Waals surface area contributed by atoms with E-state index in [-0.39, 0.29) is 30.2 Å². The Kier molecular flexibility index (Phi) is 15.7. The molecule has 0 spiro atoms. The molecule has 1 aromatic rings. The Bertz CT molecular complexity index is 1180. The SMILES string of the molecule is COCCCOc1cc(C[C@@H](C[C@@H]([C@@H](O)CNC(=O)C(C)(C)C2CCC(O[N+](=O)[O-])CC2)N(C(=O)O)C(C)(C)C)C(C)C)ccc1OC. The predicted molar refractivity (Wildman–Crippen MR) is 182 cm³/mol. The lowest BCUT2D eigenvalue weighted by molar-refractivity contribution is -0.769. The van der Waals surface area contributed by atoms with Crippen LogP contribution in [-0.2, 0) is 20.8 Å². The first-order chi connectivity index (χ1) is 22.4. The molecule has 1 saturated carbocycles. The van der Waals surface area contributed by atoms with Crippen LogP contribution in [0.15, 0.2) is 18.2 Å². The van der Waals surface area contributed by atoms with Gasteiger partial charge in [-0.05, 0) is 94.7 Å².